The number of hydrogen-bond donors (Lipinski definition) is 2. The zero-order valence-corrected chi connectivity index (χ0v) is 15.2. The fourth-order valence-corrected chi connectivity index (χ4v) is 3.21. The molecule has 0 saturated heterocycles. The second kappa shape index (κ2) is 6.60. The van der Waals surface area contributed by atoms with Gasteiger partial charge in [-0.25, -0.2) is 4.68 Å². The first-order valence-electron chi connectivity index (χ1n) is 8.38. The van der Waals surface area contributed by atoms with E-state index in [2.05, 4.69) is 25.8 Å². The lowest BCUT2D eigenvalue weighted by molar-refractivity contribution is -0.113. The van der Waals surface area contributed by atoms with E-state index in [0.717, 1.165) is 5.56 Å². The number of hydrogen-bond acceptors (Lipinski definition) is 6. The van der Waals surface area contributed by atoms with Crippen molar-refractivity contribution in [2.75, 3.05) is 17.7 Å². The van der Waals surface area contributed by atoms with Gasteiger partial charge in [-0.1, -0.05) is 12.1 Å². The van der Waals surface area contributed by atoms with Crippen LogP contribution in [-0.4, -0.2) is 37.6 Å². The van der Waals surface area contributed by atoms with Gasteiger partial charge >= 0.3 is 0 Å². The summed E-state index contributed by atoms with van der Waals surface area (Å²) in [5.41, 5.74) is 2.68. The number of aryl methyl sites for hydroxylation is 1. The summed E-state index contributed by atoms with van der Waals surface area (Å²) in [6.07, 6.45) is 5.05. The molecule has 0 aliphatic carbocycles. The Balaban J connectivity index is 1.75. The molecular weight excluding hydrogens is 346 g/mol. The van der Waals surface area contributed by atoms with Crippen molar-refractivity contribution in [1.29, 1.82) is 0 Å². The SMILES string of the molecule is COc1ccccc1NC(=O)C1=C(C)Nc2ncnn2[C@H]1c1cnn(C)c1. The van der Waals surface area contributed by atoms with E-state index < -0.39 is 6.04 Å². The number of fused-ring (bicyclic) bond motifs is 1. The van der Waals surface area contributed by atoms with E-state index >= 15 is 0 Å². The molecule has 1 aliphatic heterocycles. The number of carbonyl (C=O) groups is 1. The Bertz CT molecular complexity index is 1030. The van der Waals surface area contributed by atoms with E-state index in [0.29, 0.717) is 28.7 Å². The first-order valence-corrected chi connectivity index (χ1v) is 8.38. The molecule has 4 rings (SSSR count). The lowest BCUT2D eigenvalue weighted by atomic mass is 9.97. The van der Waals surface area contributed by atoms with Crippen molar-refractivity contribution >= 4 is 17.5 Å². The van der Waals surface area contributed by atoms with Crippen LogP contribution in [0.2, 0.25) is 0 Å². The minimum Gasteiger partial charge on any atom is -0.495 e. The Kier molecular flexibility index (Phi) is 4.11. The summed E-state index contributed by atoms with van der Waals surface area (Å²) < 4.78 is 8.71. The number of nitrogens with zero attached hydrogens (tertiary/aromatic N) is 5. The van der Waals surface area contributed by atoms with Crippen LogP contribution in [-0.2, 0) is 11.8 Å². The highest BCUT2D eigenvalue weighted by atomic mass is 16.5. The molecular formula is C18H19N7O2. The first-order chi connectivity index (χ1) is 13.1. The molecule has 2 N–H and O–H groups in total. The first kappa shape index (κ1) is 16.8. The molecule has 0 unspecified atom stereocenters. The van der Waals surface area contributed by atoms with Crippen LogP contribution in [0.4, 0.5) is 11.6 Å². The molecule has 1 aliphatic rings. The monoisotopic (exact) mass is 365 g/mol. The normalized spacial score (nSPS) is 15.9. The Labute approximate surface area is 155 Å². The number of ether oxygens (including phenoxy) is 1. The number of rotatable bonds is 4. The Morgan fingerprint density at radius 3 is 2.85 bits per heavy atom. The molecule has 1 aromatic carbocycles. The van der Waals surface area contributed by atoms with Crippen molar-refractivity contribution < 1.29 is 9.53 Å². The highest BCUT2D eigenvalue weighted by Gasteiger charge is 2.34. The van der Waals surface area contributed by atoms with Gasteiger partial charge in [0, 0.05) is 24.5 Å². The standard InChI is InChI=1S/C18H19N7O2/c1-11-15(17(26)23-13-6-4-5-7-14(13)27-3)16(12-8-20-24(2)9-12)25-18(22-11)19-10-21-25/h4-10,16H,1-3H3,(H,23,26)(H,19,21,22)/t16-/m0/s1. The molecule has 138 valence electrons. The quantitative estimate of drug-likeness (QED) is 0.733. The molecule has 0 saturated carbocycles. The van der Waals surface area contributed by atoms with Gasteiger partial charge in [0.25, 0.3) is 5.91 Å². The van der Waals surface area contributed by atoms with E-state index in [9.17, 15) is 4.79 Å². The molecule has 9 nitrogen and oxygen atoms in total. The molecule has 0 bridgehead atoms. The molecule has 3 heterocycles. The summed E-state index contributed by atoms with van der Waals surface area (Å²) >= 11 is 0. The van der Waals surface area contributed by atoms with Crippen LogP contribution in [0, 0.1) is 0 Å². The zero-order valence-electron chi connectivity index (χ0n) is 15.2. The van der Waals surface area contributed by atoms with E-state index in [1.165, 1.54) is 6.33 Å². The van der Waals surface area contributed by atoms with Crippen LogP contribution in [0.3, 0.4) is 0 Å². The summed E-state index contributed by atoms with van der Waals surface area (Å²) in [6, 6.07) is 6.84. The van der Waals surface area contributed by atoms with Gasteiger partial charge in [0.15, 0.2) is 0 Å². The van der Waals surface area contributed by atoms with Gasteiger partial charge in [-0.15, -0.1) is 0 Å². The number of para-hydroxylation sites is 2. The average Bonchev–Trinajstić information content (AvgIpc) is 3.29. The summed E-state index contributed by atoms with van der Waals surface area (Å²) in [4.78, 5) is 17.4. The largest absolute Gasteiger partial charge is 0.495 e. The maximum absolute atomic E-state index is 13.2. The third kappa shape index (κ3) is 2.92. The summed E-state index contributed by atoms with van der Waals surface area (Å²) in [5.74, 6) is 0.918. The summed E-state index contributed by atoms with van der Waals surface area (Å²) in [5, 5.41) is 14.6. The molecule has 9 heteroatoms. The molecule has 3 aromatic rings. The fraction of sp³-hybridized carbons (Fsp3) is 0.222. The number of methoxy groups -OCH3 is 1. The second-order valence-corrected chi connectivity index (χ2v) is 6.20. The Morgan fingerprint density at radius 1 is 1.30 bits per heavy atom. The van der Waals surface area contributed by atoms with Gasteiger partial charge in [0.05, 0.1) is 24.6 Å². The lowest BCUT2D eigenvalue weighted by Crippen LogP contribution is -2.31. The van der Waals surface area contributed by atoms with E-state index in [4.69, 9.17) is 4.74 Å². The average molecular weight is 365 g/mol. The van der Waals surface area contributed by atoms with Crippen molar-refractivity contribution in [2.24, 2.45) is 7.05 Å². The van der Waals surface area contributed by atoms with Crippen LogP contribution >= 0.6 is 0 Å². The predicted molar refractivity (Wildman–Crippen MR) is 99.3 cm³/mol. The van der Waals surface area contributed by atoms with E-state index in [1.807, 2.05) is 32.3 Å². The number of nitrogens with one attached hydrogen (secondary N) is 2. The summed E-state index contributed by atoms with van der Waals surface area (Å²) in [6.45, 7) is 1.85. The Morgan fingerprint density at radius 2 is 2.11 bits per heavy atom. The van der Waals surface area contributed by atoms with Crippen LogP contribution < -0.4 is 15.4 Å². The van der Waals surface area contributed by atoms with Gasteiger partial charge in [-0.3, -0.25) is 9.48 Å². The highest BCUT2D eigenvalue weighted by molar-refractivity contribution is 6.06. The minimum atomic E-state index is -0.438. The zero-order chi connectivity index (χ0) is 19.0. The third-order valence-corrected chi connectivity index (χ3v) is 4.43. The molecule has 0 radical (unpaired) electrons. The number of amides is 1. The number of allylic oxidation sites excluding steroid dienone is 1. The predicted octanol–water partition coefficient (Wildman–Crippen LogP) is 1.95. The highest BCUT2D eigenvalue weighted by Crippen LogP contribution is 2.35. The smallest absolute Gasteiger partial charge is 0.255 e. The number of anilines is 2. The minimum absolute atomic E-state index is 0.250. The topological polar surface area (TPSA) is 98.9 Å². The molecule has 0 fully saturated rings. The number of aromatic nitrogens is 5. The summed E-state index contributed by atoms with van der Waals surface area (Å²) in [7, 11) is 3.40. The molecule has 2 aromatic heterocycles. The van der Waals surface area contributed by atoms with Crippen molar-refractivity contribution in [3.8, 4) is 5.75 Å². The van der Waals surface area contributed by atoms with Crippen LogP contribution in [0.15, 0.2) is 54.3 Å². The molecule has 0 spiro atoms. The van der Waals surface area contributed by atoms with E-state index in [1.54, 1.807) is 34.8 Å². The van der Waals surface area contributed by atoms with Crippen molar-refractivity contribution in [3.05, 3.63) is 59.8 Å². The molecule has 27 heavy (non-hydrogen) atoms. The van der Waals surface area contributed by atoms with E-state index in [-0.39, 0.29) is 5.91 Å². The van der Waals surface area contributed by atoms with Crippen molar-refractivity contribution in [2.45, 2.75) is 13.0 Å². The van der Waals surface area contributed by atoms with Crippen molar-refractivity contribution in [1.82, 2.24) is 24.5 Å². The number of carbonyl (C=O) groups excluding carboxylic acids is 1. The maximum atomic E-state index is 13.2. The van der Waals surface area contributed by atoms with Gasteiger partial charge in [-0.2, -0.15) is 15.2 Å². The molecule has 1 amide bonds. The second-order valence-electron chi connectivity index (χ2n) is 6.20. The van der Waals surface area contributed by atoms with Crippen LogP contribution in [0.25, 0.3) is 0 Å². The van der Waals surface area contributed by atoms with Crippen LogP contribution in [0.1, 0.15) is 18.5 Å². The van der Waals surface area contributed by atoms with Gasteiger partial charge in [0.1, 0.15) is 18.1 Å². The van der Waals surface area contributed by atoms with Gasteiger partial charge in [-0.05, 0) is 19.1 Å². The third-order valence-electron chi connectivity index (χ3n) is 4.43. The molecule has 1 atom stereocenters. The van der Waals surface area contributed by atoms with Gasteiger partial charge < -0.3 is 15.4 Å². The lowest BCUT2D eigenvalue weighted by Gasteiger charge is -2.27. The maximum Gasteiger partial charge on any atom is 0.255 e. The number of benzene rings is 1. The van der Waals surface area contributed by atoms with Crippen molar-refractivity contribution in [3.63, 3.8) is 0 Å². The Hall–Kier alpha value is -3.62. The van der Waals surface area contributed by atoms with Gasteiger partial charge in [0.2, 0.25) is 5.95 Å². The fourth-order valence-electron chi connectivity index (χ4n) is 3.21. The van der Waals surface area contributed by atoms with Crippen LogP contribution in [0.5, 0.6) is 5.75 Å².